The third-order valence-corrected chi connectivity index (χ3v) is 5.05. The van der Waals surface area contributed by atoms with E-state index in [0.717, 1.165) is 0 Å². The lowest BCUT2D eigenvalue weighted by Crippen LogP contribution is -2.29. The molecule has 4 heteroatoms. The predicted octanol–water partition coefficient (Wildman–Crippen LogP) is 4.21. The van der Waals surface area contributed by atoms with Gasteiger partial charge in [-0.3, -0.25) is 9.59 Å². The summed E-state index contributed by atoms with van der Waals surface area (Å²) in [4.78, 5) is 24.5. The molecule has 24 heavy (non-hydrogen) atoms. The topological polar surface area (TPSA) is 74.6 Å². The van der Waals surface area contributed by atoms with E-state index < -0.39 is 0 Å². The molecule has 0 radical (unpaired) electrons. The third-order valence-electron chi connectivity index (χ3n) is 5.05. The summed E-state index contributed by atoms with van der Waals surface area (Å²) in [5, 5.41) is 20.5. The number of hydrogen-bond donors (Lipinski definition) is 2. The number of rotatable bonds is 3. The zero-order valence-corrected chi connectivity index (χ0v) is 15.2. The second kappa shape index (κ2) is 6.42. The van der Waals surface area contributed by atoms with E-state index in [-0.39, 0.29) is 46.8 Å². The Kier molecular flexibility index (Phi) is 4.88. The number of allylic oxidation sites excluding steroid dienone is 6. The van der Waals surface area contributed by atoms with Crippen LogP contribution in [0.5, 0.6) is 0 Å². The van der Waals surface area contributed by atoms with Crippen LogP contribution in [-0.2, 0) is 9.59 Å². The molecule has 0 aromatic carbocycles. The number of aliphatic hydroxyl groups excluding tert-OH is 2. The van der Waals surface area contributed by atoms with Gasteiger partial charge in [0.05, 0.1) is 0 Å². The molecular weight excluding hydrogens is 304 g/mol. The lowest BCUT2D eigenvalue weighted by molar-refractivity contribution is -0.116. The average molecular weight is 330 g/mol. The number of carbonyl (C=O) groups is 2. The Bertz CT molecular complexity index is 652. The van der Waals surface area contributed by atoms with Gasteiger partial charge in [0, 0.05) is 23.0 Å². The second-order valence-corrected chi connectivity index (χ2v) is 7.33. The molecule has 0 aromatic heterocycles. The van der Waals surface area contributed by atoms with Gasteiger partial charge in [0.2, 0.25) is 11.6 Å². The van der Waals surface area contributed by atoms with Gasteiger partial charge in [0.25, 0.3) is 0 Å². The molecule has 0 fully saturated rings. The van der Waals surface area contributed by atoms with Crippen molar-refractivity contribution in [1.29, 1.82) is 0 Å². The maximum atomic E-state index is 12.3. The van der Waals surface area contributed by atoms with Gasteiger partial charge in [-0.15, -0.1) is 0 Å². The molecule has 2 atom stereocenters. The van der Waals surface area contributed by atoms with Crippen LogP contribution in [0.25, 0.3) is 0 Å². The first-order valence-corrected chi connectivity index (χ1v) is 8.40. The summed E-state index contributed by atoms with van der Waals surface area (Å²) in [6, 6.07) is 0. The summed E-state index contributed by atoms with van der Waals surface area (Å²) in [5.41, 5.74) is 2.31. The maximum Gasteiger partial charge on any atom is 0.223 e. The Balaban J connectivity index is 2.59. The molecule has 0 spiro atoms. The van der Waals surface area contributed by atoms with Gasteiger partial charge >= 0.3 is 0 Å². The van der Waals surface area contributed by atoms with Crippen LogP contribution in [0.15, 0.2) is 46.0 Å². The van der Waals surface area contributed by atoms with Crippen molar-refractivity contribution in [2.24, 2.45) is 23.7 Å². The zero-order chi connectivity index (χ0) is 18.3. The monoisotopic (exact) mass is 330 g/mol. The third kappa shape index (κ3) is 2.85. The van der Waals surface area contributed by atoms with Crippen LogP contribution >= 0.6 is 0 Å². The minimum atomic E-state index is -0.329. The fraction of sp³-hybridized carbons (Fsp3) is 0.500. The summed E-state index contributed by atoms with van der Waals surface area (Å²) in [5.74, 6) is -1.59. The van der Waals surface area contributed by atoms with E-state index in [1.165, 1.54) is 0 Å². The van der Waals surface area contributed by atoms with Crippen molar-refractivity contribution in [2.45, 2.75) is 41.5 Å². The van der Waals surface area contributed by atoms with E-state index in [2.05, 4.69) is 0 Å². The minimum absolute atomic E-state index is 0.00750. The zero-order valence-electron chi connectivity index (χ0n) is 15.2. The van der Waals surface area contributed by atoms with Gasteiger partial charge in [-0.05, 0) is 36.8 Å². The first kappa shape index (κ1) is 18.2. The Morgan fingerprint density at radius 1 is 0.750 bits per heavy atom. The van der Waals surface area contributed by atoms with Crippen LogP contribution in [0.1, 0.15) is 41.5 Å². The van der Waals surface area contributed by atoms with Gasteiger partial charge in [0.1, 0.15) is 0 Å². The van der Waals surface area contributed by atoms with E-state index in [9.17, 15) is 19.8 Å². The number of carbonyl (C=O) groups excluding carboxylic acids is 2. The van der Waals surface area contributed by atoms with Crippen LogP contribution in [-0.4, -0.2) is 21.8 Å². The molecule has 4 nitrogen and oxygen atoms in total. The molecule has 2 unspecified atom stereocenters. The van der Waals surface area contributed by atoms with E-state index in [1.807, 2.05) is 39.8 Å². The molecule has 2 aliphatic carbocycles. The fourth-order valence-corrected chi connectivity index (χ4v) is 3.39. The molecule has 2 N–H and O–H groups in total. The van der Waals surface area contributed by atoms with Crippen LogP contribution in [0.4, 0.5) is 0 Å². The van der Waals surface area contributed by atoms with Crippen molar-refractivity contribution in [3.05, 3.63) is 46.0 Å². The molecule has 0 saturated carbocycles. The highest BCUT2D eigenvalue weighted by Gasteiger charge is 2.37. The van der Waals surface area contributed by atoms with Crippen molar-refractivity contribution >= 4 is 11.6 Å². The van der Waals surface area contributed by atoms with Crippen molar-refractivity contribution in [2.75, 3.05) is 0 Å². The largest absolute Gasteiger partial charge is 0.504 e. The minimum Gasteiger partial charge on any atom is -0.504 e. The highest BCUT2D eigenvalue weighted by atomic mass is 16.3. The molecule has 0 heterocycles. The number of Topliss-reactive ketones (excluding diaryl/α,β-unsaturated/α-hetero) is 2. The summed E-state index contributed by atoms with van der Waals surface area (Å²) in [7, 11) is 0. The quantitative estimate of drug-likeness (QED) is 0.813. The standard InChI is InChI=1S/C20H26O4/c1-9(2)13-7-15(11(5)17(21)19(13)23)16-8-14(10(3)4)20(24)18(22)12(16)6/h7-10,15-16,21-22H,1-6H3. The molecule has 2 rings (SSSR count). The first-order chi connectivity index (χ1) is 11.1. The van der Waals surface area contributed by atoms with Crippen LogP contribution < -0.4 is 0 Å². The second-order valence-electron chi connectivity index (χ2n) is 7.33. The SMILES string of the molecule is CC1=C(O)C(=O)C(C(C)C)=CC1C1C=C(C(C)C)C(=O)C(O)=C1C. The van der Waals surface area contributed by atoms with Gasteiger partial charge in [-0.2, -0.15) is 0 Å². The number of aliphatic hydroxyl groups is 2. The van der Waals surface area contributed by atoms with Crippen molar-refractivity contribution in [1.82, 2.24) is 0 Å². The molecule has 0 aliphatic heterocycles. The predicted molar refractivity (Wildman–Crippen MR) is 93.5 cm³/mol. The fourth-order valence-electron chi connectivity index (χ4n) is 3.39. The molecule has 0 bridgehead atoms. The Labute approximate surface area is 143 Å². The van der Waals surface area contributed by atoms with Gasteiger partial charge in [-0.1, -0.05) is 39.8 Å². The summed E-state index contributed by atoms with van der Waals surface area (Å²) >= 11 is 0. The smallest absolute Gasteiger partial charge is 0.223 e. The van der Waals surface area contributed by atoms with Crippen molar-refractivity contribution in [3.63, 3.8) is 0 Å². The highest BCUT2D eigenvalue weighted by Crippen LogP contribution is 2.41. The lowest BCUT2D eigenvalue weighted by atomic mass is 9.71. The number of hydrogen-bond acceptors (Lipinski definition) is 4. The average Bonchev–Trinajstić information content (AvgIpc) is 2.51. The van der Waals surface area contributed by atoms with Crippen LogP contribution in [0, 0.1) is 23.7 Å². The van der Waals surface area contributed by atoms with Crippen molar-refractivity contribution in [3.8, 4) is 0 Å². The highest BCUT2D eigenvalue weighted by molar-refractivity contribution is 6.09. The van der Waals surface area contributed by atoms with Crippen molar-refractivity contribution < 1.29 is 19.8 Å². The molecule has 130 valence electrons. The Morgan fingerprint density at radius 2 is 1.04 bits per heavy atom. The number of ketones is 2. The van der Waals surface area contributed by atoms with E-state index in [4.69, 9.17) is 0 Å². The normalized spacial score (nSPS) is 25.7. The van der Waals surface area contributed by atoms with Gasteiger partial charge in [0.15, 0.2) is 11.5 Å². The summed E-state index contributed by atoms with van der Waals surface area (Å²) in [6.45, 7) is 11.1. The lowest BCUT2D eigenvalue weighted by Gasteiger charge is -2.32. The van der Waals surface area contributed by atoms with E-state index in [0.29, 0.717) is 22.3 Å². The van der Waals surface area contributed by atoms with E-state index in [1.54, 1.807) is 13.8 Å². The van der Waals surface area contributed by atoms with E-state index >= 15 is 0 Å². The molecule has 0 aromatic rings. The summed E-state index contributed by atoms with van der Waals surface area (Å²) < 4.78 is 0. The van der Waals surface area contributed by atoms with Gasteiger partial charge < -0.3 is 10.2 Å². The Morgan fingerprint density at radius 3 is 1.29 bits per heavy atom. The first-order valence-electron chi connectivity index (χ1n) is 8.40. The molecular formula is C20H26O4. The van der Waals surface area contributed by atoms with Gasteiger partial charge in [-0.25, -0.2) is 0 Å². The maximum absolute atomic E-state index is 12.3. The molecule has 0 saturated heterocycles. The molecule has 0 amide bonds. The summed E-state index contributed by atoms with van der Waals surface area (Å²) in [6.07, 6.45) is 3.77. The Hall–Kier alpha value is -2.10. The van der Waals surface area contributed by atoms with Crippen LogP contribution in [0.2, 0.25) is 0 Å². The molecule has 2 aliphatic rings. The van der Waals surface area contributed by atoms with Crippen LogP contribution in [0.3, 0.4) is 0 Å².